The summed E-state index contributed by atoms with van der Waals surface area (Å²) in [6.45, 7) is 4.13. The molecule has 0 bridgehead atoms. The zero-order valence-corrected chi connectivity index (χ0v) is 10.3. The number of amides is 1. The summed E-state index contributed by atoms with van der Waals surface area (Å²) in [5.41, 5.74) is 0. The predicted octanol–water partition coefficient (Wildman–Crippen LogP) is 1.86. The van der Waals surface area contributed by atoms with Crippen LogP contribution >= 0.6 is 0 Å². The molecule has 0 aliphatic carbocycles. The van der Waals surface area contributed by atoms with Crippen molar-refractivity contribution < 1.29 is 14.6 Å². The van der Waals surface area contributed by atoms with E-state index in [1.807, 2.05) is 0 Å². The molecule has 1 amide bonds. The second kappa shape index (κ2) is 19.5. The summed E-state index contributed by atoms with van der Waals surface area (Å²) < 4.78 is 0. The molecule has 0 heterocycles. The Kier molecular flexibility index (Phi) is 24.8. The average molecular weight is 233 g/mol. The number of halogens is 1. The van der Waals surface area contributed by atoms with Gasteiger partial charge in [-0.25, -0.2) is 0 Å². The van der Waals surface area contributed by atoms with E-state index in [4.69, 9.17) is 5.11 Å². The van der Waals surface area contributed by atoms with Gasteiger partial charge < -0.3 is 10.4 Å². The van der Waals surface area contributed by atoms with Gasteiger partial charge in [-0.3, -0.25) is 9.50 Å². The molecule has 0 atom stereocenters. The molecule has 16 heavy (non-hydrogen) atoms. The summed E-state index contributed by atoms with van der Waals surface area (Å²) in [4.78, 5) is 10.5. The first kappa shape index (κ1) is 20.3. The lowest BCUT2D eigenvalue weighted by atomic mass is 10.1. The van der Waals surface area contributed by atoms with Crippen LogP contribution in [0.4, 0.5) is 4.70 Å². The van der Waals surface area contributed by atoms with E-state index >= 15 is 0 Å². The van der Waals surface area contributed by atoms with Gasteiger partial charge in [0.05, 0.1) is 0 Å². The summed E-state index contributed by atoms with van der Waals surface area (Å²) in [5.74, 6) is 1.98. The van der Waals surface area contributed by atoms with Crippen molar-refractivity contribution in [1.82, 2.24) is 5.32 Å². The van der Waals surface area contributed by atoms with Crippen LogP contribution in [-0.2, 0) is 4.79 Å². The molecule has 0 radical (unpaired) electrons. The molecule has 0 saturated heterocycles. The highest BCUT2D eigenvalue weighted by Crippen LogP contribution is 2.00. The van der Waals surface area contributed by atoms with Crippen LogP contribution in [0, 0.1) is 12.3 Å². The van der Waals surface area contributed by atoms with E-state index in [1.165, 1.54) is 25.7 Å². The molecule has 0 aromatic heterocycles. The fraction of sp³-hybridized carbons (Fsp3) is 0.750. The highest BCUT2D eigenvalue weighted by atomic mass is 19.0. The number of carbonyl (C=O) groups excluding carboxylic acids is 1. The molecule has 0 aromatic carbocycles. The number of aliphatic hydroxyl groups excluding tert-OH is 1. The van der Waals surface area contributed by atoms with Crippen LogP contribution in [0.2, 0.25) is 0 Å². The lowest BCUT2D eigenvalue weighted by Crippen LogP contribution is -2.26. The quantitative estimate of drug-likeness (QED) is 0.521. The molecule has 0 spiro atoms. The minimum atomic E-state index is -0.394. The summed E-state index contributed by atoms with van der Waals surface area (Å²) >= 11 is 0. The number of aliphatic hydroxyl groups is 1. The summed E-state index contributed by atoms with van der Waals surface area (Å²) in [5, 5.41) is 11.0. The molecular formula is C12H24FNO2. The van der Waals surface area contributed by atoms with E-state index in [2.05, 4.69) is 24.6 Å². The van der Waals surface area contributed by atoms with Crippen molar-refractivity contribution in [3.05, 3.63) is 0 Å². The topological polar surface area (TPSA) is 49.3 Å². The van der Waals surface area contributed by atoms with Crippen LogP contribution in [0.15, 0.2) is 0 Å². The minimum absolute atomic E-state index is 0. The molecule has 0 saturated carbocycles. The molecule has 0 fully saturated rings. The Balaban J connectivity index is -0.000000377. The van der Waals surface area contributed by atoms with Crippen molar-refractivity contribution in [2.24, 2.45) is 0 Å². The van der Waals surface area contributed by atoms with E-state index in [0.717, 1.165) is 6.42 Å². The van der Waals surface area contributed by atoms with Crippen LogP contribution in [0.1, 0.15) is 46.0 Å². The third-order valence-electron chi connectivity index (χ3n) is 1.75. The Morgan fingerprint density at radius 3 is 2.25 bits per heavy atom. The van der Waals surface area contributed by atoms with Crippen LogP contribution in [0.5, 0.6) is 0 Å². The zero-order chi connectivity index (χ0) is 11.9. The maximum Gasteiger partial charge on any atom is 0.245 e. The SMILES string of the molecule is C#CC.CCCCCCCNC(=O)CO.F. The summed E-state index contributed by atoms with van der Waals surface area (Å²) in [7, 11) is 0. The first-order chi connectivity index (χ1) is 7.22. The number of terminal acetylenes is 1. The standard InChI is InChI=1S/C9H19NO2.C3H4.FH/c1-2-3-4-5-6-7-10-9(12)8-11;1-3-2;/h11H,2-8H2,1H3,(H,10,12);1H,2H3;1H. The number of carbonyl (C=O) groups is 1. The number of unbranched alkanes of at least 4 members (excludes halogenated alkanes) is 4. The van der Waals surface area contributed by atoms with Crippen LogP contribution in [0.25, 0.3) is 0 Å². The molecule has 3 nitrogen and oxygen atoms in total. The Labute approximate surface area is 98.0 Å². The van der Waals surface area contributed by atoms with Gasteiger partial charge in [-0.05, 0) is 13.3 Å². The first-order valence-electron chi connectivity index (χ1n) is 5.47. The zero-order valence-electron chi connectivity index (χ0n) is 10.3. The molecule has 2 N–H and O–H groups in total. The molecule has 0 aliphatic heterocycles. The summed E-state index contributed by atoms with van der Waals surface area (Å²) in [6.07, 6.45) is 10.5. The highest BCUT2D eigenvalue weighted by Gasteiger charge is 1.95. The van der Waals surface area contributed by atoms with E-state index in [1.54, 1.807) is 6.92 Å². The fourth-order valence-corrected chi connectivity index (χ4v) is 1.01. The largest absolute Gasteiger partial charge is 0.387 e. The number of nitrogens with one attached hydrogen (secondary N) is 1. The Morgan fingerprint density at radius 2 is 1.81 bits per heavy atom. The number of hydrogen-bond acceptors (Lipinski definition) is 2. The van der Waals surface area contributed by atoms with Gasteiger partial charge >= 0.3 is 0 Å². The maximum atomic E-state index is 10.5. The first-order valence-corrected chi connectivity index (χ1v) is 5.47. The lowest BCUT2D eigenvalue weighted by Gasteiger charge is -2.01. The maximum absolute atomic E-state index is 10.5. The van der Waals surface area contributed by atoms with Crippen LogP contribution in [0.3, 0.4) is 0 Å². The molecule has 0 aliphatic rings. The van der Waals surface area contributed by atoms with E-state index in [9.17, 15) is 4.79 Å². The van der Waals surface area contributed by atoms with Gasteiger partial charge in [-0.1, -0.05) is 32.6 Å². The van der Waals surface area contributed by atoms with Crippen LogP contribution in [-0.4, -0.2) is 24.2 Å². The van der Waals surface area contributed by atoms with Gasteiger partial charge in [0.1, 0.15) is 6.61 Å². The van der Waals surface area contributed by atoms with Gasteiger partial charge in [0.15, 0.2) is 0 Å². The molecule has 0 aromatic rings. The van der Waals surface area contributed by atoms with Crippen molar-refractivity contribution in [3.8, 4) is 12.3 Å². The normalized spacial score (nSPS) is 7.88. The number of rotatable bonds is 7. The second-order valence-corrected chi connectivity index (χ2v) is 3.21. The van der Waals surface area contributed by atoms with Crippen LogP contribution < -0.4 is 5.32 Å². The smallest absolute Gasteiger partial charge is 0.245 e. The number of hydrogen-bond donors (Lipinski definition) is 2. The van der Waals surface area contributed by atoms with Crippen molar-refractivity contribution in [3.63, 3.8) is 0 Å². The monoisotopic (exact) mass is 233 g/mol. The Hall–Kier alpha value is -1.08. The van der Waals surface area contributed by atoms with E-state index in [-0.39, 0.29) is 10.6 Å². The highest BCUT2D eigenvalue weighted by molar-refractivity contribution is 5.76. The van der Waals surface area contributed by atoms with Crippen molar-refractivity contribution in [2.45, 2.75) is 46.0 Å². The molecule has 4 heteroatoms. The third kappa shape index (κ3) is 23.1. The van der Waals surface area contributed by atoms with Gasteiger partial charge in [-0.15, -0.1) is 12.3 Å². The lowest BCUT2D eigenvalue weighted by molar-refractivity contribution is -0.123. The molecule has 96 valence electrons. The van der Waals surface area contributed by atoms with Gasteiger partial charge in [-0.2, -0.15) is 0 Å². The van der Waals surface area contributed by atoms with Crippen molar-refractivity contribution in [2.75, 3.05) is 13.2 Å². The second-order valence-electron chi connectivity index (χ2n) is 3.21. The molecule has 0 unspecified atom stereocenters. The van der Waals surface area contributed by atoms with E-state index in [0.29, 0.717) is 6.54 Å². The van der Waals surface area contributed by atoms with Gasteiger partial charge in [0.25, 0.3) is 0 Å². The van der Waals surface area contributed by atoms with Gasteiger partial charge in [0.2, 0.25) is 5.91 Å². The van der Waals surface area contributed by atoms with Crippen molar-refractivity contribution in [1.29, 1.82) is 0 Å². The minimum Gasteiger partial charge on any atom is -0.387 e. The predicted molar refractivity (Wildman–Crippen MR) is 65.9 cm³/mol. The van der Waals surface area contributed by atoms with E-state index < -0.39 is 6.61 Å². The molecule has 0 rings (SSSR count). The third-order valence-corrected chi connectivity index (χ3v) is 1.75. The van der Waals surface area contributed by atoms with Crippen molar-refractivity contribution >= 4 is 5.91 Å². The Morgan fingerprint density at radius 1 is 1.31 bits per heavy atom. The van der Waals surface area contributed by atoms with Gasteiger partial charge in [0, 0.05) is 6.54 Å². The summed E-state index contributed by atoms with van der Waals surface area (Å²) in [6, 6.07) is 0. The fourth-order valence-electron chi connectivity index (χ4n) is 1.01. The molecular weight excluding hydrogens is 209 g/mol. The Bertz CT molecular complexity index is 178. The average Bonchev–Trinajstić information content (AvgIpc) is 2.24.